The predicted octanol–water partition coefficient (Wildman–Crippen LogP) is 0.580. The zero-order chi connectivity index (χ0) is 17.7. The number of rotatable bonds is 11. The lowest BCUT2D eigenvalue weighted by molar-refractivity contribution is -0.135. The van der Waals surface area contributed by atoms with E-state index >= 15 is 0 Å². The molecule has 23 heavy (non-hydrogen) atoms. The fourth-order valence-corrected chi connectivity index (χ4v) is 2.08. The third kappa shape index (κ3) is 11.2. The second-order valence-electron chi connectivity index (χ2n) is 5.79. The van der Waals surface area contributed by atoms with E-state index in [1.54, 1.807) is 0 Å². The highest BCUT2D eigenvalue weighted by Crippen LogP contribution is 2.15. The van der Waals surface area contributed by atoms with E-state index in [-0.39, 0.29) is 30.7 Å². The van der Waals surface area contributed by atoms with Gasteiger partial charge in [0.25, 0.3) is 0 Å². The molecule has 1 atom stereocenters. The van der Waals surface area contributed by atoms with E-state index in [4.69, 9.17) is 11.6 Å². The summed E-state index contributed by atoms with van der Waals surface area (Å²) < 4.78 is 0. The van der Waals surface area contributed by atoms with Gasteiger partial charge in [-0.1, -0.05) is 13.8 Å². The number of hydrogen-bond donors (Lipinski definition) is 4. The molecule has 0 aromatic rings. The largest absolute Gasteiger partial charge is 0.355 e. The van der Waals surface area contributed by atoms with Gasteiger partial charge in [-0.15, -0.1) is 12.3 Å². The molecule has 0 spiro atoms. The van der Waals surface area contributed by atoms with E-state index in [9.17, 15) is 14.4 Å². The first-order chi connectivity index (χ1) is 10.9. The lowest BCUT2D eigenvalue weighted by Crippen LogP contribution is -2.41. The van der Waals surface area contributed by atoms with E-state index in [0.717, 1.165) is 12.8 Å². The molecule has 0 aliphatic carbocycles. The highest BCUT2D eigenvalue weighted by molar-refractivity contribution is 5.88. The molecule has 0 saturated carbocycles. The fourth-order valence-electron chi connectivity index (χ4n) is 2.08. The molecular formula is C16H27N3O4. The van der Waals surface area contributed by atoms with Crippen molar-refractivity contribution < 1.29 is 19.6 Å². The van der Waals surface area contributed by atoms with Crippen LogP contribution in [-0.2, 0) is 14.4 Å². The highest BCUT2D eigenvalue weighted by atomic mass is 16.5. The van der Waals surface area contributed by atoms with Crippen molar-refractivity contribution in [1.29, 1.82) is 0 Å². The number of carbonyl (C=O) groups is 3. The number of hydroxylamine groups is 1. The minimum absolute atomic E-state index is 0.117. The van der Waals surface area contributed by atoms with Crippen molar-refractivity contribution in [2.24, 2.45) is 11.8 Å². The van der Waals surface area contributed by atoms with Crippen LogP contribution in [0.25, 0.3) is 0 Å². The smallest absolute Gasteiger partial charge is 0.244 e. The average Bonchev–Trinajstić information content (AvgIpc) is 2.51. The predicted molar refractivity (Wildman–Crippen MR) is 86.2 cm³/mol. The first-order valence-corrected chi connectivity index (χ1v) is 7.81. The molecule has 130 valence electrons. The lowest BCUT2D eigenvalue weighted by atomic mass is 9.93. The van der Waals surface area contributed by atoms with Crippen molar-refractivity contribution in [2.75, 3.05) is 13.1 Å². The summed E-state index contributed by atoms with van der Waals surface area (Å²) in [5, 5.41) is 13.8. The summed E-state index contributed by atoms with van der Waals surface area (Å²) in [6.45, 7) is 4.24. The average molecular weight is 325 g/mol. The molecule has 0 aliphatic heterocycles. The van der Waals surface area contributed by atoms with E-state index in [1.807, 2.05) is 13.8 Å². The minimum atomic E-state index is -0.622. The van der Waals surface area contributed by atoms with Crippen LogP contribution >= 0.6 is 0 Å². The Labute approximate surface area is 137 Å². The lowest BCUT2D eigenvalue weighted by Gasteiger charge is -2.17. The molecule has 0 fully saturated rings. The Morgan fingerprint density at radius 1 is 1.13 bits per heavy atom. The van der Waals surface area contributed by atoms with Gasteiger partial charge < -0.3 is 10.6 Å². The van der Waals surface area contributed by atoms with Crippen LogP contribution in [0.1, 0.15) is 46.0 Å². The summed E-state index contributed by atoms with van der Waals surface area (Å²) >= 11 is 0. The third-order valence-corrected chi connectivity index (χ3v) is 3.18. The van der Waals surface area contributed by atoms with Gasteiger partial charge >= 0.3 is 0 Å². The summed E-state index contributed by atoms with van der Waals surface area (Å²) in [5.74, 6) is 0.881. The number of carbonyl (C=O) groups excluding carboxylic acids is 3. The molecule has 3 amide bonds. The second-order valence-corrected chi connectivity index (χ2v) is 5.79. The van der Waals surface area contributed by atoms with Crippen molar-refractivity contribution in [1.82, 2.24) is 16.1 Å². The SMILES string of the molecule is C#CCCCCNC(=O)CNC(=O)C(CC(=O)NO)CC(C)C. The summed E-state index contributed by atoms with van der Waals surface area (Å²) in [4.78, 5) is 34.9. The maximum absolute atomic E-state index is 12.1. The Hall–Kier alpha value is -2.07. The van der Waals surface area contributed by atoms with Crippen LogP contribution in [0.3, 0.4) is 0 Å². The molecule has 7 nitrogen and oxygen atoms in total. The van der Waals surface area contributed by atoms with Crippen molar-refractivity contribution in [3.63, 3.8) is 0 Å². The van der Waals surface area contributed by atoms with Gasteiger partial charge in [-0.2, -0.15) is 0 Å². The van der Waals surface area contributed by atoms with Gasteiger partial charge in [0.2, 0.25) is 17.7 Å². The molecule has 0 bridgehead atoms. The maximum Gasteiger partial charge on any atom is 0.244 e. The van der Waals surface area contributed by atoms with Crippen molar-refractivity contribution in [3.05, 3.63) is 0 Å². The van der Waals surface area contributed by atoms with Crippen molar-refractivity contribution in [3.8, 4) is 12.3 Å². The van der Waals surface area contributed by atoms with Gasteiger partial charge in [-0.3, -0.25) is 19.6 Å². The number of hydrogen-bond acceptors (Lipinski definition) is 4. The van der Waals surface area contributed by atoms with Crippen LogP contribution in [0.2, 0.25) is 0 Å². The minimum Gasteiger partial charge on any atom is -0.355 e. The van der Waals surface area contributed by atoms with Gasteiger partial charge in [-0.05, 0) is 25.2 Å². The fraction of sp³-hybridized carbons (Fsp3) is 0.688. The van der Waals surface area contributed by atoms with Gasteiger partial charge in [-0.25, -0.2) is 5.48 Å². The Kier molecular flexibility index (Phi) is 11.3. The molecule has 0 aromatic carbocycles. The summed E-state index contributed by atoms with van der Waals surface area (Å²) in [7, 11) is 0. The molecule has 0 rings (SSSR count). The van der Waals surface area contributed by atoms with E-state index < -0.39 is 11.8 Å². The van der Waals surface area contributed by atoms with E-state index in [1.165, 1.54) is 5.48 Å². The number of amides is 3. The maximum atomic E-state index is 12.1. The molecule has 7 heteroatoms. The number of unbranched alkanes of at least 4 members (excludes halogenated alkanes) is 2. The van der Waals surface area contributed by atoms with Gasteiger partial charge in [0.05, 0.1) is 6.54 Å². The molecule has 0 aliphatic rings. The van der Waals surface area contributed by atoms with Crippen LogP contribution in [-0.4, -0.2) is 36.0 Å². The zero-order valence-corrected chi connectivity index (χ0v) is 13.9. The Balaban J connectivity index is 4.17. The van der Waals surface area contributed by atoms with Gasteiger partial charge in [0.15, 0.2) is 0 Å². The number of nitrogens with one attached hydrogen (secondary N) is 3. The summed E-state index contributed by atoms with van der Waals surface area (Å²) in [6.07, 6.45) is 7.81. The Bertz CT molecular complexity index is 430. The molecule has 0 aromatic heterocycles. The van der Waals surface area contributed by atoms with Gasteiger partial charge in [0.1, 0.15) is 0 Å². The monoisotopic (exact) mass is 325 g/mol. The van der Waals surface area contributed by atoms with E-state index in [0.29, 0.717) is 19.4 Å². The standard InChI is InChI=1S/C16H27N3O4/c1-4-5-6-7-8-17-15(21)11-18-16(22)13(9-12(2)3)10-14(20)19-23/h1,12-13,23H,5-11H2,2-3H3,(H,17,21)(H,18,22)(H,19,20). The molecule has 4 N–H and O–H groups in total. The molecule has 0 saturated heterocycles. The Morgan fingerprint density at radius 2 is 1.83 bits per heavy atom. The van der Waals surface area contributed by atoms with Crippen LogP contribution in [0, 0.1) is 24.2 Å². The highest BCUT2D eigenvalue weighted by Gasteiger charge is 2.23. The third-order valence-electron chi connectivity index (χ3n) is 3.18. The number of terminal acetylenes is 1. The summed E-state index contributed by atoms with van der Waals surface area (Å²) in [5.41, 5.74) is 1.52. The van der Waals surface area contributed by atoms with Crippen molar-refractivity contribution >= 4 is 17.7 Å². The first kappa shape index (κ1) is 20.9. The van der Waals surface area contributed by atoms with Gasteiger partial charge in [0, 0.05) is 25.3 Å². The van der Waals surface area contributed by atoms with Crippen molar-refractivity contribution in [2.45, 2.75) is 46.0 Å². The quantitative estimate of drug-likeness (QED) is 0.193. The molecule has 0 heterocycles. The van der Waals surface area contributed by atoms with E-state index in [2.05, 4.69) is 16.6 Å². The normalized spacial score (nSPS) is 11.4. The Morgan fingerprint density at radius 3 is 2.39 bits per heavy atom. The zero-order valence-electron chi connectivity index (χ0n) is 13.9. The van der Waals surface area contributed by atoms with Crippen LogP contribution in [0.4, 0.5) is 0 Å². The van der Waals surface area contributed by atoms with Crippen LogP contribution in [0.15, 0.2) is 0 Å². The second kappa shape index (κ2) is 12.5. The molecule has 1 unspecified atom stereocenters. The van der Waals surface area contributed by atoms with Crippen LogP contribution in [0.5, 0.6) is 0 Å². The van der Waals surface area contributed by atoms with Crippen LogP contribution < -0.4 is 16.1 Å². The summed E-state index contributed by atoms with van der Waals surface area (Å²) in [6, 6.07) is 0. The molecular weight excluding hydrogens is 298 g/mol. The molecule has 0 radical (unpaired) electrons. The topological polar surface area (TPSA) is 108 Å². The first-order valence-electron chi connectivity index (χ1n) is 7.81.